The number of aliphatic hydroxyl groups is 2. The van der Waals surface area contributed by atoms with Gasteiger partial charge < -0.3 is 45.9 Å². The van der Waals surface area contributed by atoms with Crippen molar-refractivity contribution in [2.45, 2.75) is 110 Å². The van der Waals surface area contributed by atoms with Crippen LogP contribution in [0.15, 0.2) is 5.38 Å². The van der Waals surface area contributed by atoms with Crippen LogP contribution in [0.1, 0.15) is 89.8 Å². The minimum absolute atomic E-state index is 0.115. The van der Waals surface area contributed by atoms with Gasteiger partial charge in [-0.3, -0.25) is 14.4 Å². The Balaban J connectivity index is 2.15. The van der Waals surface area contributed by atoms with Crippen molar-refractivity contribution >= 4 is 58.3 Å². The summed E-state index contributed by atoms with van der Waals surface area (Å²) in [5, 5.41) is 33.2. The minimum atomic E-state index is -1.39. The summed E-state index contributed by atoms with van der Waals surface area (Å²) in [4.78, 5) is 70.6. The summed E-state index contributed by atoms with van der Waals surface area (Å²) in [6, 6.07) is -4.76. The van der Waals surface area contributed by atoms with Crippen LogP contribution >= 0.6 is 23.6 Å². The van der Waals surface area contributed by atoms with Crippen LogP contribution < -0.4 is 21.3 Å². The molecule has 1 aliphatic rings. The second-order valence-electron chi connectivity index (χ2n) is 13.3. The fourth-order valence-corrected chi connectivity index (χ4v) is 6.33. The number of likely N-dealkylation sites (tertiary alicyclic amines) is 1. The van der Waals surface area contributed by atoms with E-state index in [0.717, 1.165) is 0 Å². The van der Waals surface area contributed by atoms with E-state index in [4.69, 9.17) is 21.7 Å². The highest BCUT2D eigenvalue weighted by atomic mass is 32.1. The van der Waals surface area contributed by atoms with Gasteiger partial charge in [0.25, 0.3) is 0 Å². The summed E-state index contributed by atoms with van der Waals surface area (Å²) in [5.74, 6) is -2.85. The molecular formula is C31H50N6O9S2. The topological polar surface area (TPSA) is 209 Å². The molecule has 6 N–H and O–H groups in total. The van der Waals surface area contributed by atoms with Gasteiger partial charge in [0.15, 0.2) is 5.69 Å². The Morgan fingerprint density at radius 1 is 1.02 bits per heavy atom. The number of aromatic nitrogens is 1. The molecule has 1 saturated heterocycles. The second-order valence-corrected chi connectivity index (χ2v) is 14.7. The average molecular weight is 715 g/mol. The summed E-state index contributed by atoms with van der Waals surface area (Å²) in [5.41, 5.74) is -0.710. The first-order valence-corrected chi connectivity index (χ1v) is 17.1. The molecule has 48 heavy (non-hydrogen) atoms. The van der Waals surface area contributed by atoms with Gasteiger partial charge in [-0.15, -0.1) is 11.3 Å². The Morgan fingerprint density at radius 2 is 1.67 bits per heavy atom. The number of esters is 1. The fourth-order valence-electron chi connectivity index (χ4n) is 4.94. The molecule has 0 unspecified atom stereocenters. The number of nitrogens with one attached hydrogen (secondary N) is 4. The predicted molar refractivity (Wildman–Crippen MR) is 182 cm³/mol. The molecule has 2 heterocycles. The number of aliphatic hydroxyl groups excluding tert-OH is 2. The van der Waals surface area contributed by atoms with Crippen molar-refractivity contribution < 1.29 is 43.7 Å². The third-order valence-electron chi connectivity index (χ3n) is 7.47. The van der Waals surface area contributed by atoms with E-state index in [0.29, 0.717) is 24.4 Å². The highest BCUT2D eigenvalue weighted by molar-refractivity contribution is 7.80. The number of methoxy groups -OCH3 is 1. The molecule has 1 aromatic heterocycles. The van der Waals surface area contributed by atoms with E-state index >= 15 is 0 Å². The van der Waals surface area contributed by atoms with Crippen molar-refractivity contribution in [3.63, 3.8) is 0 Å². The van der Waals surface area contributed by atoms with Gasteiger partial charge in [0, 0.05) is 11.9 Å². The normalized spacial score (nSPS) is 17.9. The average Bonchev–Trinajstić information content (AvgIpc) is 3.68. The lowest BCUT2D eigenvalue weighted by Crippen LogP contribution is -2.60. The summed E-state index contributed by atoms with van der Waals surface area (Å²) >= 11 is 6.84. The van der Waals surface area contributed by atoms with Gasteiger partial charge in [-0.05, 0) is 52.4 Å². The fraction of sp³-hybridized carbons (Fsp3) is 0.710. The van der Waals surface area contributed by atoms with Gasteiger partial charge in [0.1, 0.15) is 28.7 Å². The SMILES string of the molecule is COC(=O)c1csc([C@@H](NC(=O)[C@H](CO)NC(=S)[C@@H]2CCCN2C(=O)[C@@H](NC(=O)[C@@H](NC(=O)OC(C)(C)C)[C@H](C)O)C(C)C)C(C)C)n1. The molecular weight excluding hydrogens is 665 g/mol. The Morgan fingerprint density at radius 3 is 2.19 bits per heavy atom. The van der Waals surface area contributed by atoms with E-state index in [1.54, 1.807) is 40.0 Å². The number of thiocarbonyl (C=S) groups is 1. The van der Waals surface area contributed by atoms with E-state index in [1.165, 1.54) is 30.3 Å². The zero-order valence-electron chi connectivity index (χ0n) is 29.0. The summed E-state index contributed by atoms with van der Waals surface area (Å²) in [7, 11) is 1.25. The Labute approximate surface area is 290 Å². The van der Waals surface area contributed by atoms with Gasteiger partial charge in [-0.2, -0.15) is 0 Å². The molecule has 0 aliphatic carbocycles. The van der Waals surface area contributed by atoms with E-state index in [2.05, 4.69) is 26.3 Å². The molecule has 270 valence electrons. The third-order valence-corrected chi connectivity index (χ3v) is 8.79. The standard InChI is InChI=1S/C31H50N6O9S2/c1-15(2)21(27-33-19(14-48-27)29(43)45-9)34-24(40)18(13-38)32-26(47)20-11-10-12-37(20)28(42)22(16(3)4)35-25(41)23(17(5)39)36-30(44)46-31(6,7)8/h14-18,20-23,38-39H,10-13H2,1-9H3,(H,32,47)(H,34,40)(H,35,41)(H,36,44)/t17-,18-,20-,21-,22-,23-/m0/s1. The number of rotatable bonds is 14. The number of hydrogen-bond acceptors (Lipinski definition) is 12. The third kappa shape index (κ3) is 11.3. The van der Waals surface area contributed by atoms with Crippen LogP contribution in [0.2, 0.25) is 0 Å². The molecule has 4 amide bonds. The van der Waals surface area contributed by atoms with Crippen molar-refractivity contribution in [1.29, 1.82) is 0 Å². The first kappa shape index (κ1) is 40.8. The lowest BCUT2D eigenvalue weighted by atomic mass is 10.0. The molecule has 0 aromatic carbocycles. The number of ether oxygens (including phenoxy) is 2. The van der Waals surface area contributed by atoms with E-state index < -0.39 is 78.3 Å². The quantitative estimate of drug-likeness (QED) is 0.120. The first-order valence-electron chi connectivity index (χ1n) is 15.8. The van der Waals surface area contributed by atoms with E-state index in [1.807, 2.05) is 13.8 Å². The predicted octanol–water partition coefficient (Wildman–Crippen LogP) is 1.43. The van der Waals surface area contributed by atoms with E-state index in [9.17, 15) is 34.2 Å². The van der Waals surface area contributed by atoms with Crippen molar-refractivity contribution in [2.75, 3.05) is 20.3 Å². The molecule has 0 saturated carbocycles. The molecule has 1 fully saturated rings. The van der Waals surface area contributed by atoms with Crippen molar-refractivity contribution in [1.82, 2.24) is 31.2 Å². The van der Waals surface area contributed by atoms with Crippen LogP contribution in [-0.2, 0) is 23.9 Å². The van der Waals surface area contributed by atoms with Crippen LogP contribution in [0.3, 0.4) is 0 Å². The summed E-state index contributed by atoms with van der Waals surface area (Å²) < 4.78 is 9.93. The van der Waals surface area contributed by atoms with Crippen molar-refractivity contribution in [3.8, 4) is 0 Å². The van der Waals surface area contributed by atoms with Crippen LogP contribution in [0, 0.1) is 11.8 Å². The molecule has 1 aliphatic heterocycles. The van der Waals surface area contributed by atoms with E-state index in [-0.39, 0.29) is 22.5 Å². The molecule has 0 radical (unpaired) electrons. The number of alkyl carbamates (subject to hydrolysis) is 1. The molecule has 0 spiro atoms. The summed E-state index contributed by atoms with van der Waals surface area (Å²) in [6.07, 6.45) is -1.10. The number of carbonyl (C=O) groups excluding carboxylic acids is 5. The van der Waals surface area contributed by atoms with Crippen molar-refractivity contribution in [3.05, 3.63) is 16.1 Å². The van der Waals surface area contributed by atoms with Gasteiger partial charge in [-0.25, -0.2) is 14.6 Å². The van der Waals surface area contributed by atoms with Gasteiger partial charge >= 0.3 is 12.1 Å². The minimum Gasteiger partial charge on any atom is -0.464 e. The van der Waals surface area contributed by atoms with Gasteiger partial charge in [-0.1, -0.05) is 39.9 Å². The smallest absolute Gasteiger partial charge is 0.408 e. The molecule has 17 heteroatoms. The monoisotopic (exact) mass is 714 g/mol. The molecule has 1 aromatic rings. The van der Waals surface area contributed by atoms with Gasteiger partial charge in [0.2, 0.25) is 17.7 Å². The highest BCUT2D eigenvalue weighted by Crippen LogP contribution is 2.26. The molecule has 2 rings (SSSR count). The zero-order chi connectivity index (χ0) is 36.5. The highest BCUT2D eigenvalue weighted by Gasteiger charge is 2.40. The largest absolute Gasteiger partial charge is 0.464 e. The first-order chi connectivity index (χ1) is 22.3. The maximum absolute atomic E-state index is 13.9. The number of thiazole rings is 1. The maximum atomic E-state index is 13.9. The molecule has 15 nitrogen and oxygen atoms in total. The molecule has 0 bridgehead atoms. The van der Waals surface area contributed by atoms with Crippen LogP contribution in [0.4, 0.5) is 4.79 Å². The maximum Gasteiger partial charge on any atom is 0.408 e. The van der Waals surface area contributed by atoms with Crippen LogP contribution in [-0.4, -0.2) is 111 Å². The number of nitrogens with zero attached hydrogens (tertiary/aromatic N) is 2. The molecule has 6 atom stereocenters. The van der Waals surface area contributed by atoms with Crippen LogP contribution in [0.25, 0.3) is 0 Å². The zero-order valence-corrected chi connectivity index (χ0v) is 30.6. The lowest BCUT2D eigenvalue weighted by molar-refractivity contribution is -0.138. The van der Waals surface area contributed by atoms with Crippen molar-refractivity contribution in [2.24, 2.45) is 11.8 Å². The second kappa shape index (κ2) is 17.8. The Kier molecular flexibility index (Phi) is 15.1. The van der Waals surface area contributed by atoms with Crippen LogP contribution in [0.5, 0.6) is 0 Å². The number of hydrogen-bond donors (Lipinski definition) is 6. The lowest BCUT2D eigenvalue weighted by Gasteiger charge is -2.33. The Bertz CT molecular complexity index is 1310. The number of carbonyl (C=O) groups is 5. The number of amides is 4. The summed E-state index contributed by atoms with van der Waals surface area (Å²) in [6.45, 7) is 13.3. The van der Waals surface area contributed by atoms with Gasteiger partial charge in [0.05, 0.1) is 36.9 Å². The Hall–Kier alpha value is -3.41.